The number of hydrazine groups is 1. The Morgan fingerprint density at radius 3 is 3.08 bits per heavy atom. The summed E-state index contributed by atoms with van der Waals surface area (Å²) in [6.07, 6.45) is 2.91. The number of amides is 1. The van der Waals surface area contributed by atoms with Gasteiger partial charge in [-0.1, -0.05) is 0 Å². The molecule has 1 fully saturated rings. The Morgan fingerprint density at radius 2 is 2.50 bits per heavy atom. The van der Waals surface area contributed by atoms with Crippen LogP contribution in [0.25, 0.3) is 0 Å². The molecule has 0 spiro atoms. The average molecular weight is 171 g/mol. The second-order valence-corrected chi connectivity index (χ2v) is 3.54. The van der Waals surface area contributed by atoms with Gasteiger partial charge in [0, 0.05) is 13.0 Å². The van der Waals surface area contributed by atoms with E-state index < -0.39 is 0 Å². The first-order chi connectivity index (χ1) is 5.72. The fourth-order valence-electron chi connectivity index (χ4n) is 1.76. The molecule has 1 aliphatic rings. The fraction of sp³-hybridized carbons (Fsp3) is 0.875. The number of piperidine rings is 1. The van der Waals surface area contributed by atoms with Gasteiger partial charge in [-0.3, -0.25) is 10.2 Å². The van der Waals surface area contributed by atoms with Crippen LogP contribution in [0.3, 0.4) is 0 Å². The van der Waals surface area contributed by atoms with Gasteiger partial charge < -0.3 is 4.90 Å². The van der Waals surface area contributed by atoms with E-state index in [1.807, 2.05) is 0 Å². The number of nitrogens with zero attached hydrogens (tertiary/aromatic N) is 1. The van der Waals surface area contributed by atoms with Crippen molar-refractivity contribution >= 4 is 5.91 Å². The maximum Gasteiger partial charge on any atom is 0.234 e. The van der Waals surface area contributed by atoms with Crippen LogP contribution in [0.5, 0.6) is 0 Å². The van der Waals surface area contributed by atoms with Gasteiger partial charge in [0.1, 0.15) is 0 Å². The number of hydrogen-bond donors (Lipinski definition) is 2. The van der Waals surface area contributed by atoms with Gasteiger partial charge in [0.15, 0.2) is 0 Å². The van der Waals surface area contributed by atoms with Crippen LogP contribution in [0.15, 0.2) is 0 Å². The summed E-state index contributed by atoms with van der Waals surface area (Å²) in [6.45, 7) is 2.17. The van der Waals surface area contributed by atoms with Crippen LogP contribution >= 0.6 is 0 Å². The lowest BCUT2D eigenvalue weighted by atomic mass is 9.95. The molecule has 0 aromatic rings. The highest BCUT2D eigenvalue weighted by atomic mass is 16.2. The van der Waals surface area contributed by atoms with Gasteiger partial charge in [-0.2, -0.15) is 0 Å². The molecule has 0 bridgehead atoms. The number of nitrogens with one attached hydrogen (secondary N) is 1. The van der Waals surface area contributed by atoms with Gasteiger partial charge in [-0.25, -0.2) is 5.84 Å². The maximum atomic E-state index is 10.9. The molecular weight excluding hydrogens is 154 g/mol. The number of rotatable bonds is 2. The van der Waals surface area contributed by atoms with E-state index in [2.05, 4.69) is 17.4 Å². The topological polar surface area (TPSA) is 58.4 Å². The molecule has 1 rings (SSSR count). The minimum absolute atomic E-state index is 0.0460. The van der Waals surface area contributed by atoms with Crippen molar-refractivity contribution in [3.8, 4) is 0 Å². The molecule has 1 atom stereocenters. The molecule has 0 unspecified atom stereocenters. The van der Waals surface area contributed by atoms with Gasteiger partial charge >= 0.3 is 0 Å². The Labute approximate surface area is 73.1 Å². The van der Waals surface area contributed by atoms with E-state index in [-0.39, 0.29) is 5.91 Å². The van der Waals surface area contributed by atoms with E-state index in [1.165, 1.54) is 6.42 Å². The van der Waals surface area contributed by atoms with Gasteiger partial charge in [0.25, 0.3) is 0 Å². The van der Waals surface area contributed by atoms with Crippen molar-refractivity contribution in [1.29, 1.82) is 0 Å². The summed E-state index contributed by atoms with van der Waals surface area (Å²) in [6, 6.07) is 0. The first kappa shape index (κ1) is 9.48. The fourth-order valence-corrected chi connectivity index (χ4v) is 1.76. The van der Waals surface area contributed by atoms with Crippen LogP contribution in [0, 0.1) is 5.92 Å². The molecule has 70 valence electrons. The molecule has 1 heterocycles. The molecule has 1 amide bonds. The van der Waals surface area contributed by atoms with Gasteiger partial charge in [-0.05, 0) is 32.4 Å². The van der Waals surface area contributed by atoms with E-state index in [9.17, 15) is 4.79 Å². The highest BCUT2D eigenvalue weighted by Gasteiger charge is 2.19. The second-order valence-electron chi connectivity index (χ2n) is 3.54. The molecule has 1 saturated heterocycles. The van der Waals surface area contributed by atoms with Crippen LogP contribution in [0.4, 0.5) is 0 Å². The standard InChI is InChI=1S/C8H17N3O/c1-11-4-2-3-7(6-11)5-8(12)10-9/h7H,2-6,9H2,1H3,(H,10,12)/t7-/m0/s1. The summed E-state index contributed by atoms with van der Waals surface area (Å²) >= 11 is 0. The normalized spacial score (nSPS) is 25.3. The summed E-state index contributed by atoms with van der Waals surface area (Å²) < 4.78 is 0. The van der Waals surface area contributed by atoms with E-state index in [1.54, 1.807) is 0 Å². The molecule has 4 heteroatoms. The molecule has 0 aromatic heterocycles. The van der Waals surface area contributed by atoms with E-state index in [0.717, 1.165) is 19.5 Å². The minimum Gasteiger partial charge on any atom is -0.306 e. The van der Waals surface area contributed by atoms with Crippen molar-refractivity contribution in [1.82, 2.24) is 10.3 Å². The molecular formula is C8H17N3O. The van der Waals surface area contributed by atoms with Gasteiger partial charge in [0.2, 0.25) is 5.91 Å². The number of carbonyl (C=O) groups is 1. The SMILES string of the molecule is CN1CCC[C@@H](CC(=O)NN)C1. The smallest absolute Gasteiger partial charge is 0.234 e. The third-order valence-corrected chi connectivity index (χ3v) is 2.36. The zero-order chi connectivity index (χ0) is 8.97. The lowest BCUT2D eigenvalue weighted by Crippen LogP contribution is -2.37. The Kier molecular flexibility index (Phi) is 3.49. The predicted molar refractivity (Wildman–Crippen MR) is 47.2 cm³/mol. The zero-order valence-corrected chi connectivity index (χ0v) is 7.55. The molecule has 0 radical (unpaired) electrons. The number of nitrogens with two attached hydrogens (primary N) is 1. The van der Waals surface area contributed by atoms with Gasteiger partial charge in [-0.15, -0.1) is 0 Å². The van der Waals surface area contributed by atoms with Gasteiger partial charge in [0.05, 0.1) is 0 Å². The molecule has 0 saturated carbocycles. The molecule has 0 aliphatic carbocycles. The summed E-state index contributed by atoms with van der Waals surface area (Å²) in [4.78, 5) is 13.2. The monoisotopic (exact) mass is 171 g/mol. The first-order valence-electron chi connectivity index (χ1n) is 4.40. The Morgan fingerprint density at radius 1 is 1.75 bits per heavy atom. The van der Waals surface area contributed by atoms with Crippen molar-refractivity contribution in [2.24, 2.45) is 11.8 Å². The Balaban J connectivity index is 2.27. The Hall–Kier alpha value is -0.610. The van der Waals surface area contributed by atoms with Crippen LogP contribution in [-0.2, 0) is 4.79 Å². The van der Waals surface area contributed by atoms with Crippen LogP contribution in [-0.4, -0.2) is 30.9 Å². The number of hydrogen-bond acceptors (Lipinski definition) is 3. The van der Waals surface area contributed by atoms with Crippen molar-refractivity contribution in [3.63, 3.8) is 0 Å². The van der Waals surface area contributed by atoms with Crippen molar-refractivity contribution in [3.05, 3.63) is 0 Å². The minimum atomic E-state index is -0.0460. The Bertz CT molecular complexity index is 160. The highest BCUT2D eigenvalue weighted by Crippen LogP contribution is 2.17. The summed E-state index contributed by atoms with van der Waals surface area (Å²) in [5.41, 5.74) is 2.17. The van der Waals surface area contributed by atoms with E-state index in [0.29, 0.717) is 12.3 Å². The van der Waals surface area contributed by atoms with Crippen LogP contribution < -0.4 is 11.3 Å². The molecule has 4 nitrogen and oxygen atoms in total. The highest BCUT2D eigenvalue weighted by molar-refractivity contribution is 5.75. The zero-order valence-electron chi connectivity index (χ0n) is 7.55. The quantitative estimate of drug-likeness (QED) is 0.341. The third-order valence-electron chi connectivity index (χ3n) is 2.36. The van der Waals surface area contributed by atoms with Crippen LogP contribution in [0.2, 0.25) is 0 Å². The lowest BCUT2D eigenvalue weighted by molar-refractivity contribution is -0.122. The third kappa shape index (κ3) is 2.79. The summed E-state index contributed by atoms with van der Waals surface area (Å²) in [7, 11) is 2.09. The predicted octanol–water partition coefficient (Wildman–Crippen LogP) is -0.292. The van der Waals surface area contributed by atoms with E-state index in [4.69, 9.17) is 5.84 Å². The summed E-state index contributed by atoms with van der Waals surface area (Å²) in [5.74, 6) is 5.46. The van der Waals surface area contributed by atoms with E-state index >= 15 is 0 Å². The second kappa shape index (κ2) is 4.42. The largest absolute Gasteiger partial charge is 0.306 e. The van der Waals surface area contributed by atoms with Crippen LogP contribution in [0.1, 0.15) is 19.3 Å². The molecule has 0 aromatic carbocycles. The molecule has 1 aliphatic heterocycles. The average Bonchev–Trinajstić information content (AvgIpc) is 2.04. The number of likely N-dealkylation sites (tertiary alicyclic amines) is 1. The lowest BCUT2D eigenvalue weighted by Gasteiger charge is -2.28. The molecule has 12 heavy (non-hydrogen) atoms. The van der Waals surface area contributed by atoms with Crippen molar-refractivity contribution < 1.29 is 4.79 Å². The van der Waals surface area contributed by atoms with Crippen molar-refractivity contribution in [2.75, 3.05) is 20.1 Å². The molecule has 3 N–H and O–H groups in total. The maximum absolute atomic E-state index is 10.9. The number of carbonyl (C=O) groups excluding carboxylic acids is 1. The summed E-state index contributed by atoms with van der Waals surface area (Å²) in [5, 5.41) is 0. The first-order valence-corrected chi connectivity index (χ1v) is 4.40. The van der Waals surface area contributed by atoms with Crippen molar-refractivity contribution in [2.45, 2.75) is 19.3 Å².